The summed E-state index contributed by atoms with van der Waals surface area (Å²) in [6.07, 6.45) is 5.32. The molecule has 0 spiro atoms. The van der Waals surface area contributed by atoms with Crippen LogP contribution in [-0.2, 0) is 6.42 Å². The lowest BCUT2D eigenvalue weighted by atomic mass is 9.65. The van der Waals surface area contributed by atoms with E-state index in [4.69, 9.17) is 0 Å². The highest BCUT2D eigenvalue weighted by molar-refractivity contribution is 9.10. The van der Waals surface area contributed by atoms with Gasteiger partial charge in [0.1, 0.15) is 0 Å². The Hall–Kier alpha value is -0.340. The second kappa shape index (κ2) is 6.41. The molecule has 2 rings (SSSR count). The number of hydrogen-bond acceptors (Lipinski definition) is 1. The average molecular weight is 324 g/mol. The van der Waals surface area contributed by atoms with Crippen LogP contribution in [0.5, 0.6) is 0 Å². The standard InChI is InChI=1S/C17H26BrN/c1-17(2)9-8-14(12-19-3)15(11-17)10-13-4-6-16(18)7-5-13/h4-7,14-15,19H,8-12H2,1-3H3. The topological polar surface area (TPSA) is 12.0 Å². The first kappa shape index (κ1) is 15.1. The maximum absolute atomic E-state index is 3.52. The minimum atomic E-state index is 0.518. The van der Waals surface area contributed by atoms with Gasteiger partial charge in [-0.2, -0.15) is 0 Å². The van der Waals surface area contributed by atoms with Gasteiger partial charge in [0.25, 0.3) is 0 Å². The van der Waals surface area contributed by atoms with Crippen molar-refractivity contribution in [3.63, 3.8) is 0 Å². The van der Waals surface area contributed by atoms with Crippen LogP contribution in [0.2, 0.25) is 0 Å². The molecule has 19 heavy (non-hydrogen) atoms. The predicted molar refractivity (Wildman–Crippen MR) is 86.4 cm³/mol. The van der Waals surface area contributed by atoms with E-state index in [9.17, 15) is 0 Å². The van der Waals surface area contributed by atoms with Crippen molar-refractivity contribution in [2.75, 3.05) is 13.6 Å². The molecule has 1 N–H and O–H groups in total. The summed E-state index contributed by atoms with van der Waals surface area (Å²) in [5.41, 5.74) is 2.00. The first-order chi connectivity index (χ1) is 9.00. The van der Waals surface area contributed by atoms with Gasteiger partial charge in [0.15, 0.2) is 0 Å². The van der Waals surface area contributed by atoms with Crippen molar-refractivity contribution in [2.24, 2.45) is 17.3 Å². The highest BCUT2D eigenvalue weighted by Crippen LogP contribution is 2.43. The molecule has 2 unspecified atom stereocenters. The Bertz CT molecular complexity index is 396. The molecule has 1 aliphatic carbocycles. The Labute approximate surface area is 126 Å². The number of hydrogen-bond donors (Lipinski definition) is 1. The molecular weight excluding hydrogens is 298 g/mol. The lowest BCUT2D eigenvalue weighted by molar-refractivity contribution is 0.117. The summed E-state index contributed by atoms with van der Waals surface area (Å²) in [5.74, 6) is 1.65. The van der Waals surface area contributed by atoms with Crippen LogP contribution in [0.4, 0.5) is 0 Å². The molecule has 106 valence electrons. The molecule has 0 amide bonds. The fourth-order valence-electron chi connectivity index (χ4n) is 3.48. The minimum Gasteiger partial charge on any atom is -0.319 e. The molecule has 1 aromatic carbocycles. The highest BCUT2D eigenvalue weighted by atomic mass is 79.9. The Morgan fingerprint density at radius 2 is 1.89 bits per heavy atom. The van der Waals surface area contributed by atoms with Gasteiger partial charge in [-0.3, -0.25) is 0 Å². The first-order valence-corrected chi connectivity index (χ1v) is 8.18. The van der Waals surface area contributed by atoms with Crippen molar-refractivity contribution in [2.45, 2.75) is 39.5 Å². The quantitative estimate of drug-likeness (QED) is 0.850. The van der Waals surface area contributed by atoms with E-state index in [0.717, 1.165) is 18.4 Å². The van der Waals surface area contributed by atoms with Gasteiger partial charge in [-0.1, -0.05) is 41.9 Å². The van der Waals surface area contributed by atoms with E-state index in [1.807, 2.05) is 0 Å². The third kappa shape index (κ3) is 4.32. The molecular formula is C17H26BrN. The zero-order chi connectivity index (χ0) is 13.9. The monoisotopic (exact) mass is 323 g/mol. The van der Waals surface area contributed by atoms with Crippen LogP contribution in [0.3, 0.4) is 0 Å². The van der Waals surface area contributed by atoms with Crippen molar-refractivity contribution in [1.29, 1.82) is 0 Å². The third-order valence-corrected chi connectivity index (χ3v) is 5.08. The Balaban J connectivity index is 2.06. The molecule has 0 bridgehead atoms. The highest BCUT2D eigenvalue weighted by Gasteiger charge is 2.34. The minimum absolute atomic E-state index is 0.518. The summed E-state index contributed by atoms with van der Waals surface area (Å²) in [5, 5.41) is 3.38. The molecule has 1 aliphatic rings. The van der Waals surface area contributed by atoms with Crippen LogP contribution in [0.1, 0.15) is 38.7 Å². The van der Waals surface area contributed by atoms with Crippen LogP contribution in [-0.4, -0.2) is 13.6 Å². The fraction of sp³-hybridized carbons (Fsp3) is 0.647. The van der Waals surface area contributed by atoms with Crippen LogP contribution >= 0.6 is 15.9 Å². The van der Waals surface area contributed by atoms with Gasteiger partial charge in [-0.05, 0) is 74.2 Å². The van der Waals surface area contributed by atoms with Gasteiger partial charge in [0, 0.05) is 4.47 Å². The largest absolute Gasteiger partial charge is 0.319 e. The van der Waals surface area contributed by atoms with Crippen LogP contribution in [0, 0.1) is 17.3 Å². The molecule has 0 saturated heterocycles. The number of nitrogens with one attached hydrogen (secondary N) is 1. The molecule has 1 nitrogen and oxygen atoms in total. The van der Waals surface area contributed by atoms with Gasteiger partial charge in [-0.15, -0.1) is 0 Å². The lowest BCUT2D eigenvalue weighted by Crippen LogP contribution is -2.36. The molecule has 1 fully saturated rings. The molecule has 0 aromatic heterocycles. The first-order valence-electron chi connectivity index (χ1n) is 7.39. The molecule has 2 heteroatoms. The Morgan fingerprint density at radius 1 is 1.21 bits per heavy atom. The molecule has 1 saturated carbocycles. The van der Waals surface area contributed by atoms with Crippen LogP contribution in [0.15, 0.2) is 28.7 Å². The maximum Gasteiger partial charge on any atom is 0.0175 e. The van der Waals surface area contributed by atoms with E-state index in [0.29, 0.717) is 5.41 Å². The van der Waals surface area contributed by atoms with Crippen LogP contribution in [0.25, 0.3) is 0 Å². The molecule has 0 radical (unpaired) electrons. The SMILES string of the molecule is CNCC1CCC(C)(C)CC1Cc1ccc(Br)cc1. The third-order valence-electron chi connectivity index (χ3n) is 4.55. The summed E-state index contributed by atoms with van der Waals surface area (Å²) in [6, 6.07) is 8.86. The van der Waals surface area contributed by atoms with Crippen LogP contribution < -0.4 is 5.32 Å². The second-order valence-corrected chi connectivity index (χ2v) is 7.73. The number of rotatable bonds is 4. The maximum atomic E-state index is 3.52. The summed E-state index contributed by atoms with van der Waals surface area (Å²) in [7, 11) is 2.08. The van der Waals surface area contributed by atoms with E-state index in [2.05, 4.69) is 66.4 Å². The predicted octanol–water partition coefficient (Wildman–Crippen LogP) is 4.65. The zero-order valence-corrected chi connectivity index (χ0v) is 14.0. The van der Waals surface area contributed by atoms with Crippen molar-refractivity contribution >= 4 is 15.9 Å². The van der Waals surface area contributed by atoms with E-state index < -0.39 is 0 Å². The number of benzene rings is 1. The van der Waals surface area contributed by atoms with Crippen molar-refractivity contribution in [3.05, 3.63) is 34.3 Å². The lowest BCUT2D eigenvalue weighted by Gasteiger charge is -2.41. The van der Waals surface area contributed by atoms with Crippen molar-refractivity contribution in [1.82, 2.24) is 5.32 Å². The number of halogens is 1. The second-order valence-electron chi connectivity index (χ2n) is 6.82. The van der Waals surface area contributed by atoms with Crippen molar-refractivity contribution in [3.8, 4) is 0 Å². The normalized spacial score (nSPS) is 26.3. The molecule has 2 atom stereocenters. The van der Waals surface area contributed by atoms with Gasteiger partial charge in [0.2, 0.25) is 0 Å². The van der Waals surface area contributed by atoms with Gasteiger partial charge < -0.3 is 5.32 Å². The van der Waals surface area contributed by atoms with Gasteiger partial charge in [-0.25, -0.2) is 0 Å². The average Bonchev–Trinajstić information content (AvgIpc) is 2.35. The smallest absolute Gasteiger partial charge is 0.0175 e. The van der Waals surface area contributed by atoms with E-state index >= 15 is 0 Å². The summed E-state index contributed by atoms with van der Waals surface area (Å²) in [4.78, 5) is 0. The van der Waals surface area contributed by atoms with Crippen molar-refractivity contribution < 1.29 is 0 Å². The van der Waals surface area contributed by atoms with E-state index in [1.165, 1.54) is 35.7 Å². The fourth-order valence-corrected chi connectivity index (χ4v) is 3.75. The van der Waals surface area contributed by atoms with Gasteiger partial charge in [0.05, 0.1) is 0 Å². The summed E-state index contributed by atoms with van der Waals surface area (Å²) in [6.45, 7) is 6.02. The van der Waals surface area contributed by atoms with Gasteiger partial charge >= 0.3 is 0 Å². The summed E-state index contributed by atoms with van der Waals surface area (Å²) >= 11 is 3.52. The Morgan fingerprint density at radius 3 is 2.53 bits per heavy atom. The molecule has 1 aromatic rings. The molecule has 0 aliphatic heterocycles. The zero-order valence-electron chi connectivity index (χ0n) is 12.4. The molecule has 0 heterocycles. The van der Waals surface area contributed by atoms with E-state index in [-0.39, 0.29) is 0 Å². The summed E-state index contributed by atoms with van der Waals surface area (Å²) < 4.78 is 1.17. The van der Waals surface area contributed by atoms with E-state index in [1.54, 1.807) is 0 Å². The Kier molecular flexibility index (Phi) is 5.08.